The summed E-state index contributed by atoms with van der Waals surface area (Å²) in [4.78, 5) is 4.61. The van der Waals surface area contributed by atoms with Crippen LogP contribution in [0.4, 0.5) is 0 Å². The highest BCUT2D eigenvalue weighted by atomic mass is 15.5. The second-order valence-corrected chi connectivity index (χ2v) is 4.11. The molecule has 18 heavy (non-hydrogen) atoms. The van der Waals surface area contributed by atoms with Gasteiger partial charge in [-0.05, 0) is 18.7 Å². The van der Waals surface area contributed by atoms with Crippen molar-refractivity contribution in [2.45, 2.75) is 6.42 Å². The Bertz CT molecular complexity index is 681. The molecule has 2 aromatic heterocycles. The zero-order valence-electron chi connectivity index (χ0n) is 10.1. The number of aryl methyl sites for hydroxylation is 1. The van der Waals surface area contributed by atoms with E-state index in [9.17, 15) is 0 Å². The lowest BCUT2D eigenvalue weighted by Crippen LogP contribution is -2.11. The maximum Gasteiger partial charge on any atom is 0.157 e. The van der Waals surface area contributed by atoms with Gasteiger partial charge in [0.05, 0.1) is 17.2 Å². The van der Waals surface area contributed by atoms with Gasteiger partial charge < -0.3 is 5.73 Å². The molecule has 3 aromatic rings. The van der Waals surface area contributed by atoms with Crippen LogP contribution >= 0.6 is 0 Å². The lowest BCUT2D eigenvalue weighted by Gasteiger charge is -2.07. The molecule has 0 bridgehead atoms. The number of hydrogen-bond acceptors (Lipinski definition) is 4. The number of nitrogens with zero attached hydrogens (tertiary/aromatic N) is 5. The van der Waals surface area contributed by atoms with Crippen LogP contribution in [0.2, 0.25) is 0 Å². The van der Waals surface area contributed by atoms with E-state index >= 15 is 0 Å². The summed E-state index contributed by atoms with van der Waals surface area (Å²) in [6, 6.07) is 8.01. The number of benzene rings is 1. The summed E-state index contributed by atoms with van der Waals surface area (Å²) in [6.07, 6.45) is 2.45. The van der Waals surface area contributed by atoms with Gasteiger partial charge in [-0.15, -0.1) is 5.10 Å². The van der Waals surface area contributed by atoms with Crippen LogP contribution in [0.5, 0.6) is 0 Å². The molecule has 0 saturated heterocycles. The lowest BCUT2D eigenvalue weighted by molar-refractivity contribution is 0.685. The van der Waals surface area contributed by atoms with E-state index in [0.29, 0.717) is 6.54 Å². The van der Waals surface area contributed by atoms with Crippen molar-refractivity contribution in [1.82, 2.24) is 24.5 Å². The smallest absolute Gasteiger partial charge is 0.157 e. The molecule has 0 saturated carbocycles. The maximum atomic E-state index is 5.65. The largest absolute Gasteiger partial charge is 0.330 e. The zero-order valence-corrected chi connectivity index (χ0v) is 10.1. The minimum Gasteiger partial charge on any atom is -0.330 e. The highest BCUT2D eigenvalue weighted by Crippen LogP contribution is 2.20. The molecule has 6 nitrogen and oxygen atoms in total. The van der Waals surface area contributed by atoms with E-state index in [2.05, 4.69) is 19.9 Å². The van der Waals surface area contributed by atoms with Crippen LogP contribution in [0.25, 0.3) is 16.9 Å². The topological polar surface area (TPSA) is 74.5 Å². The summed E-state index contributed by atoms with van der Waals surface area (Å²) in [5.41, 5.74) is 7.66. The lowest BCUT2D eigenvalue weighted by atomic mass is 10.3. The molecule has 0 aliphatic carbocycles. The van der Waals surface area contributed by atoms with Crippen molar-refractivity contribution in [3.05, 3.63) is 36.3 Å². The Labute approximate surface area is 104 Å². The number of para-hydroxylation sites is 2. The van der Waals surface area contributed by atoms with Crippen molar-refractivity contribution in [2.75, 3.05) is 6.54 Å². The number of nitrogens with two attached hydrogens (primary N) is 1. The molecular weight excluding hydrogens is 228 g/mol. The third-order valence-corrected chi connectivity index (χ3v) is 2.92. The number of rotatable bonds is 3. The van der Waals surface area contributed by atoms with Gasteiger partial charge in [0.25, 0.3) is 0 Å². The summed E-state index contributed by atoms with van der Waals surface area (Å²) in [6.45, 7) is 0.564. The third kappa shape index (κ3) is 1.58. The Morgan fingerprint density at radius 2 is 2.11 bits per heavy atom. The Morgan fingerprint density at radius 1 is 1.28 bits per heavy atom. The van der Waals surface area contributed by atoms with Gasteiger partial charge in [0.1, 0.15) is 5.82 Å². The van der Waals surface area contributed by atoms with Gasteiger partial charge in [0.15, 0.2) is 5.82 Å². The number of hydrogen-bond donors (Lipinski definition) is 1. The molecule has 0 fully saturated rings. The standard InChI is InChI=1S/C12H14N6/c1-17-12(8-14-16-17)18-10-5-3-2-4-9(10)15-11(18)6-7-13/h2-5,8H,6-7,13H2,1H3. The van der Waals surface area contributed by atoms with E-state index in [0.717, 1.165) is 29.1 Å². The quantitative estimate of drug-likeness (QED) is 0.732. The average molecular weight is 242 g/mol. The summed E-state index contributed by atoms with van der Waals surface area (Å²) in [5.74, 6) is 1.83. The highest BCUT2D eigenvalue weighted by molar-refractivity contribution is 5.77. The molecule has 2 N–H and O–H groups in total. The van der Waals surface area contributed by atoms with Gasteiger partial charge in [-0.2, -0.15) is 0 Å². The van der Waals surface area contributed by atoms with Gasteiger partial charge in [-0.1, -0.05) is 17.3 Å². The normalized spacial score (nSPS) is 11.2. The first-order chi connectivity index (χ1) is 8.81. The van der Waals surface area contributed by atoms with Crippen LogP contribution in [0, 0.1) is 0 Å². The third-order valence-electron chi connectivity index (χ3n) is 2.92. The first-order valence-corrected chi connectivity index (χ1v) is 5.82. The fourth-order valence-corrected chi connectivity index (χ4v) is 2.12. The molecule has 0 aliphatic rings. The first-order valence-electron chi connectivity index (χ1n) is 5.82. The van der Waals surface area contributed by atoms with Crippen molar-refractivity contribution in [3.63, 3.8) is 0 Å². The maximum absolute atomic E-state index is 5.65. The average Bonchev–Trinajstić information content (AvgIpc) is 2.93. The molecule has 92 valence electrons. The van der Waals surface area contributed by atoms with Crippen molar-refractivity contribution in [1.29, 1.82) is 0 Å². The molecule has 3 rings (SSSR count). The molecule has 2 heterocycles. The SMILES string of the molecule is Cn1nncc1-n1c(CCN)nc2ccccc21. The summed E-state index contributed by atoms with van der Waals surface area (Å²) in [7, 11) is 1.86. The van der Waals surface area contributed by atoms with Gasteiger partial charge in [-0.25, -0.2) is 9.67 Å². The van der Waals surface area contributed by atoms with E-state index in [1.54, 1.807) is 10.9 Å². The minimum atomic E-state index is 0.564. The van der Waals surface area contributed by atoms with Crippen LogP contribution in [0.3, 0.4) is 0 Å². The molecule has 0 aliphatic heterocycles. The van der Waals surface area contributed by atoms with Crippen molar-refractivity contribution in [3.8, 4) is 5.82 Å². The molecule has 0 atom stereocenters. The van der Waals surface area contributed by atoms with Crippen LogP contribution in [-0.2, 0) is 13.5 Å². The molecule has 1 aromatic carbocycles. The van der Waals surface area contributed by atoms with E-state index in [1.165, 1.54) is 0 Å². The van der Waals surface area contributed by atoms with Gasteiger partial charge in [-0.3, -0.25) is 4.57 Å². The number of aromatic nitrogens is 5. The molecule has 0 unspecified atom stereocenters. The fourth-order valence-electron chi connectivity index (χ4n) is 2.12. The second-order valence-electron chi connectivity index (χ2n) is 4.11. The fraction of sp³-hybridized carbons (Fsp3) is 0.250. The zero-order chi connectivity index (χ0) is 12.5. The van der Waals surface area contributed by atoms with E-state index < -0.39 is 0 Å². The van der Waals surface area contributed by atoms with Gasteiger partial charge in [0, 0.05) is 13.5 Å². The second kappa shape index (κ2) is 4.23. The van der Waals surface area contributed by atoms with E-state index in [-0.39, 0.29) is 0 Å². The van der Waals surface area contributed by atoms with Crippen molar-refractivity contribution in [2.24, 2.45) is 12.8 Å². The highest BCUT2D eigenvalue weighted by Gasteiger charge is 2.14. The number of imidazole rings is 1. The number of fused-ring (bicyclic) bond motifs is 1. The van der Waals surface area contributed by atoms with Gasteiger partial charge >= 0.3 is 0 Å². The Hall–Kier alpha value is -2.21. The van der Waals surface area contributed by atoms with E-state index in [1.807, 2.05) is 31.3 Å². The van der Waals surface area contributed by atoms with Crippen LogP contribution in [0.15, 0.2) is 30.5 Å². The first kappa shape index (κ1) is 10.9. The monoisotopic (exact) mass is 242 g/mol. The minimum absolute atomic E-state index is 0.564. The van der Waals surface area contributed by atoms with Crippen molar-refractivity contribution < 1.29 is 0 Å². The molecule has 0 spiro atoms. The Balaban J connectivity index is 2.31. The van der Waals surface area contributed by atoms with Crippen LogP contribution in [0.1, 0.15) is 5.82 Å². The van der Waals surface area contributed by atoms with Crippen LogP contribution < -0.4 is 5.73 Å². The summed E-state index contributed by atoms with van der Waals surface area (Å²) < 4.78 is 3.79. The predicted molar refractivity (Wildman–Crippen MR) is 68.4 cm³/mol. The molecule has 6 heteroatoms. The molecular formula is C12H14N6. The van der Waals surface area contributed by atoms with Gasteiger partial charge in [0.2, 0.25) is 0 Å². The van der Waals surface area contributed by atoms with Crippen LogP contribution in [-0.4, -0.2) is 31.1 Å². The van der Waals surface area contributed by atoms with E-state index in [4.69, 9.17) is 5.73 Å². The molecule has 0 radical (unpaired) electrons. The van der Waals surface area contributed by atoms with Crippen molar-refractivity contribution >= 4 is 11.0 Å². The predicted octanol–water partition coefficient (Wildman–Crippen LogP) is 0.655. The Morgan fingerprint density at radius 3 is 2.83 bits per heavy atom. The molecule has 0 amide bonds. The summed E-state index contributed by atoms with van der Waals surface area (Å²) in [5, 5.41) is 7.89. The summed E-state index contributed by atoms with van der Waals surface area (Å²) >= 11 is 0. The Kier molecular flexibility index (Phi) is 2.56.